The van der Waals surface area contributed by atoms with Crippen molar-refractivity contribution in [1.29, 1.82) is 0 Å². The lowest BCUT2D eigenvalue weighted by Crippen LogP contribution is -2.48. The van der Waals surface area contributed by atoms with Gasteiger partial charge in [-0.1, -0.05) is 26.7 Å². The summed E-state index contributed by atoms with van der Waals surface area (Å²) in [7, 11) is 2.12. The average molecular weight is 252 g/mol. The van der Waals surface area contributed by atoms with E-state index in [1.807, 2.05) is 0 Å². The van der Waals surface area contributed by atoms with E-state index in [4.69, 9.17) is 0 Å². The third kappa shape index (κ3) is 3.71. The second-order valence-corrected chi connectivity index (χ2v) is 6.79. The number of hydrogen-bond donors (Lipinski definition) is 1. The molecule has 3 unspecified atom stereocenters. The molecule has 0 radical (unpaired) electrons. The molecule has 0 bridgehead atoms. The van der Waals surface area contributed by atoms with Crippen LogP contribution in [-0.4, -0.2) is 37.1 Å². The first-order chi connectivity index (χ1) is 8.70. The lowest BCUT2D eigenvalue weighted by atomic mass is 9.89. The van der Waals surface area contributed by atoms with Crippen molar-refractivity contribution in [3.05, 3.63) is 0 Å². The third-order valence-electron chi connectivity index (χ3n) is 5.30. The van der Waals surface area contributed by atoms with Gasteiger partial charge in [0.1, 0.15) is 0 Å². The van der Waals surface area contributed by atoms with Gasteiger partial charge in [0.25, 0.3) is 0 Å². The Morgan fingerprint density at radius 1 is 1.00 bits per heavy atom. The molecule has 2 fully saturated rings. The number of nitrogens with one attached hydrogen (secondary N) is 1. The van der Waals surface area contributed by atoms with Crippen LogP contribution in [0.4, 0.5) is 0 Å². The Hall–Kier alpha value is -0.0800. The fraction of sp³-hybridized carbons (Fsp3) is 1.00. The molecule has 1 aliphatic heterocycles. The van der Waals surface area contributed by atoms with Gasteiger partial charge in [-0.2, -0.15) is 0 Å². The predicted molar refractivity (Wildman–Crippen MR) is 78.9 cm³/mol. The average Bonchev–Trinajstić information content (AvgIpc) is 2.64. The minimum Gasteiger partial charge on any atom is -0.316 e. The molecule has 0 aromatic heterocycles. The van der Waals surface area contributed by atoms with E-state index in [-0.39, 0.29) is 0 Å². The van der Waals surface area contributed by atoms with Crippen LogP contribution in [0.3, 0.4) is 0 Å². The van der Waals surface area contributed by atoms with Gasteiger partial charge >= 0.3 is 0 Å². The highest BCUT2D eigenvalue weighted by atomic mass is 15.2. The Morgan fingerprint density at radius 2 is 1.83 bits per heavy atom. The summed E-state index contributed by atoms with van der Waals surface area (Å²) in [4.78, 5) is 2.79. The zero-order valence-electron chi connectivity index (χ0n) is 12.6. The monoisotopic (exact) mass is 252 g/mol. The van der Waals surface area contributed by atoms with Gasteiger partial charge in [-0.05, 0) is 57.5 Å². The summed E-state index contributed by atoms with van der Waals surface area (Å²) >= 11 is 0. The van der Waals surface area contributed by atoms with Gasteiger partial charge < -0.3 is 5.32 Å². The van der Waals surface area contributed by atoms with Crippen LogP contribution in [0, 0.1) is 11.8 Å². The van der Waals surface area contributed by atoms with Crippen molar-refractivity contribution in [1.82, 2.24) is 10.2 Å². The molecule has 3 atom stereocenters. The minimum absolute atomic E-state index is 0.739. The van der Waals surface area contributed by atoms with Crippen LogP contribution in [0.2, 0.25) is 0 Å². The van der Waals surface area contributed by atoms with Gasteiger partial charge in [0.05, 0.1) is 0 Å². The summed E-state index contributed by atoms with van der Waals surface area (Å²) in [6.45, 7) is 7.44. The second kappa shape index (κ2) is 6.91. The van der Waals surface area contributed by atoms with Crippen LogP contribution < -0.4 is 5.32 Å². The summed E-state index contributed by atoms with van der Waals surface area (Å²) in [6, 6.07) is 1.62. The van der Waals surface area contributed by atoms with Gasteiger partial charge in [-0.15, -0.1) is 0 Å². The Bertz CT molecular complexity index is 239. The standard InChI is InChI=1S/C16H32N2/c1-13(2)14-6-4-8-16(10-9-14)18-11-5-7-15(12-18)17-3/h13-17H,4-12H2,1-3H3. The van der Waals surface area contributed by atoms with E-state index in [1.165, 1.54) is 58.0 Å². The van der Waals surface area contributed by atoms with Crippen molar-refractivity contribution < 1.29 is 0 Å². The fourth-order valence-corrected chi connectivity index (χ4v) is 3.92. The third-order valence-corrected chi connectivity index (χ3v) is 5.30. The van der Waals surface area contributed by atoms with Crippen LogP contribution in [-0.2, 0) is 0 Å². The highest BCUT2D eigenvalue weighted by molar-refractivity contribution is 4.84. The van der Waals surface area contributed by atoms with E-state index in [0.717, 1.165) is 23.9 Å². The minimum atomic E-state index is 0.739. The molecule has 0 spiro atoms. The van der Waals surface area contributed by atoms with E-state index in [1.54, 1.807) is 0 Å². The highest BCUT2D eigenvalue weighted by Gasteiger charge is 2.28. The maximum Gasteiger partial charge on any atom is 0.0192 e. The Kier molecular flexibility index (Phi) is 5.50. The normalized spacial score (nSPS) is 35.7. The molecule has 18 heavy (non-hydrogen) atoms. The Labute approximate surface area is 114 Å². The van der Waals surface area contributed by atoms with E-state index in [2.05, 4.69) is 31.1 Å². The fourth-order valence-electron chi connectivity index (χ4n) is 3.92. The zero-order chi connectivity index (χ0) is 13.0. The number of rotatable bonds is 3. The number of piperidine rings is 1. The molecule has 1 N–H and O–H groups in total. The molecular weight excluding hydrogens is 220 g/mol. The Balaban J connectivity index is 1.85. The molecule has 1 aliphatic carbocycles. The number of hydrogen-bond acceptors (Lipinski definition) is 2. The summed E-state index contributed by atoms with van der Waals surface area (Å²) in [6.07, 6.45) is 10.0. The number of likely N-dealkylation sites (N-methyl/N-ethyl adjacent to an activating group) is 1. The number of nitrogens with zero attached hydrogens (tertiary/aromatic N) is 1. The summed E-state index contributed by atoms with van der Waals surface area (Å²) in [5.74, 6) is 1.87. The molecule has 0 aromatic rings. The SMILES string of the molecule is CNC1CCCN(C2CCCC(C(C)C)CC2)C1. The van der Waals surface area contributed by atoms with Gasteiger partial charge in [-0.3, -0.25) is 4.90 Å². The maximum atomic E-state index is 3.47. The van der Waals surface area contributed by atoms with Crippen LogP contribution in [0.1, 0.15) is 58.8 Å². The van der Waals surface area contributed by atoms with Crippen LogP contribution >= 0.6 is 0 Å². The molecule has 1 saturated heterocycles. The second-order valence-electron chi connectivity index (χ2n) is 6.79. The van der Waals surface area contributed by atoms with E-state index in [0.29, 0.717) is 0 Å². The van der Waals surface area contributed by atoms with Gasteiger partial charge in [0, 0.05) is 18.6 Å². The topological polar surface area (TPSA) is 15.3 Å². The van der Waals surface area contributed by atoms with Crippen molar-refractivity contribution in [2.24, 2.45) is 11.8 Å². The molecule has 2 nitrogen and oxygen atoms in total. The highest BCUT2D eigenvalue weighted by Crippen LogP contribution is 2.31. The first-order valence-corrected chi connectivity index (χ1v) is 8.12. The van der Waals surface area contributed by atoms with Gasteiger partial charge in [0.2, 0.25) is 0 Å². The van der Waals surface area contributed by atoms with Gasteiger partial charge in [0.15, 0.2) is 0 Å². The lowest BCUT2D eigenvalue weighted by Gasteiger charge is -2.38. The van der Waals surface area contributed by atoms with Gasteiger partial charge in [-0.25, -0.2) is 0 Å². The maximum absolute atomic E-state index is 3.47. The first-order valence-electron chi connectivity index (χ1n) is 8.12. The molecular formula is C16H32N2. The van der Waals surface area contributed by atoms with Crippen molar-refractivity contribution in [3.8, 4) is 0 Å². The molecule has 106 valence electrons. The molecule has 2 rings (SSSR count). The zero-order valence-corrected chi connectivity index (χ0v) is 12.6. The molecule has 2 heteroatoms. The Morgan fingerprint density at radius 3 is 2.56 bits per heavy atom. The van der Waals surface area contributed by atoms with Crippen molar-refractivity contribution >= 4 is 0 Å². The van der Waals surface area contributed by atoms with E-state index in [9.17, 15) is 0 Å². The van der Waals surface area contributed by atoms with E-state index < -0.39 is 0 Å². The smallest absolute Gasteiger partial charge is 0.0192 e. The number of likely N-dealkylation sites (tertiary alicyclic amines) is 1. The van der Waals surface area contributed by atoms with Crippen molar-refractivity contribution in [2.45, 2.75) is 70.9 Å². The first kappa shape index (κ1) is 14.3. The molecule has 0 aromatic carbocycles. The molecule has 2 aliphatic rings. The quantitative estimate of drug-likeness (QED) is 0.776. The molecule has 0 amide bonds. The van der Waals surface area contributed by atoms with Crippen molar-refractivity contribution in [2.75, 3.05) is 20.1 Å². The van der Waals surface area contributed by atoms with Crippen LogP contribution in [0.5, 0.6) is 0 Å². The summed E-state index contributed by atoms with van der Waals surface area (Å²) < 4.78 is 0. The largest absolute Gasteiger partial charge is 0.316 e. The lowest BCUT2D eigenvalue weighted by molar-refractivity contribution is 0.126. The molecule has 1 heterocycles. The van der Waals surface area contributed by atoms with Crippen LogP contribution in [0.25, 0.3) is 0 Å². The van der Waals surface area contributed by atoms with Crippen molar-refractivity contribution in [3.63, 3.8) is 0 Å². The van der Waals surface area contributed by atoms with Crippen LogP contribution in [0.15, 0.2) is 0 Å². The van der Waals surface area contributed by atoms with E-state index >= 15 is 0 Å². The molecule has 1 saturated carbocycles. The predicted octanol–water partition coefficient (Wildman–Crippen LogP) is 3.28. The summed E-state index contributed by atoms with van der Waals surface area (Å²) in [5, 5.41) is 3.47. The summed E-state index contributed by atoms with van der Waals surface area (Å²) in [5.41, 5.74) is 0.